The number of piperidine rings is 2. The van der Waals surface area contributed by atoms with E-state index in [1.54, 1.807) is 6.07 Å². The molecule has 0 spiro atoms. The van der Waals surface area contributed by atoms with E-state index in [0.29, 0.717) is 19.5 Å². The number of amides is 2. The van der Waals surface area contributed by atoms with Crippen LogP contribution in [0.25, 0.3) is 0 Å². The first-order valence-corrected chi connectivity index (χ1v) is 9.93. The van der Waals surface area contributed by atoms with Crippen molar-refractivity contribution in [3.05, 3.63) is 18.2 Å². The van der Waals surface area contributed by atoms with E-state index < -0.39 is 10.0 Å². The number of anilines is 1. The number of hydrogen-bond donors (Lipinski definition) is 0. The molecule has 8 heteroatoms. The molecule has 136 valence electrons. The fourth-order valence-corrected chi connectivity index (χ4v) is 4.98. The van der Waals surface area contributed by atoms with E-state index in [-0.39, 0.29) is 41.0 Å². The number of carbonyl (C=O) groups excluding carboxylic acids is 2. The van der Waals surface area contributed by atoms with Gasteiger partial charge >= 0.3 is 0 Å². The van der Waals surface area contributed by atoms with Crippen LogP contribution < -0.4 is 9.64 Å². The Hall–Kier alpha value is -1.93. The fraction of sp³-hybridized carbons (Fsp3) is 0.529. The van der Waals surface area contributed by atoms with Crippen LogP contribution in [0.1, 0.15) is 38.5 Å². The summed E-state index contributed by atoms with van der Waals surface area (Å²) in [7, 11) is -2.34. The molecule has 2 amide bonds. The summed E-state index contributed by atoms with van der Waals surface area (Å²) in [6.07, 6.45) is 3.76. The van der Waals surface area contributed by atoms with Gasteiger partial charge in [-0.25, -0.2) is 8.42 Å². The summed E-state index contributed by atoms with van der Waals surface area (Å²) in [5.41, 5.74) is 0.283. The van der Waals surface area contributed by atoms with Crippen molar-refractivity contribution in [3.8, 4) is 5.75 Å². The Balaban J connectivity index is 2.03. The molecule has 2 saturated heterocycles. The van der Waals surface area contributed by atoms with E-state index >= 15 is 0 Å². The maximum absolute atomic E-state index is 13.0. The lowest BCUT2D eigenvalue weighted by atomic mass is 10.1. The number of benzene rings is 1. The third kappa shape index (κ3) is 3.41. The van der Waals surface area contributed by atoms with Gasteiger partial charge in [0.2, 0.25) is 21.8 Å². The summed E-state index contributed by atoms with van der Waals surface area (Å²) in [6, 6.07) is 4.43. The zero-order valence-electron chi connectivity index (χ0n) is 14.2. The van der Waals surface area contributed by atoms with Gasteiger partial charge in [0.1, 0.15) is 10.6 Å². The number of sulfonamides is 1. The minimum atomic E-state index is -3.74. The normalized spacial score (nSPS) is 20.0. The maximum Gasteiger partial charge on any atom is 0.246 e. The molecule has 0 aromatic heterocycles. The highest BCUT2D eigenvalue weighted by Gasteiger charge is 2.32. The maximum atomic E-state index is 13.0. The summed E-state index contributed by atoms with van der Waals surface area (Å²) in [5, 5.41) is 0. The molecule has 0 unspecified atom stereocenters. The predicted octanol–water partition coefficient (Wildman–Crippen LogP) is 1.91. The van der Waals surface area contributed by atoms with E-state index in [2.05, 4.69) is 0 Å². The average molecular weight is 366 g/mol. The Kier molecular flexibility index (Phi) is 5.10. The van der Waals surface area contributed by atoms with Crippen LogP contribution >= 0.6 is 0 Å². The lowest BCUT2D eigenvalue weighted by molar-refractivity contribution is -0.129. The molecular weight excluding hydrogens is 344 g/mol. The van der Waals surface area contributed by atoms with Crippen molar-refractivity contribution in [2.45, 2.75) is 43.4 Å². The smallest absolute Gasteiger partial charge is 0.246 e. The topological polar surface area (TPSA) is 84.0 Å². The van der Waals surface area contributed by atoms with E-state index in [1.165, 1.54) is 23.5 Å². The molecule has 2 fully saturated rings. The molecular formula is C17H22N2O5S. The molecule has 1 aromatic carbocycles. The average Bonchev–Trinajstić information content (AvgIpc) is 2.62. The number of carbonyl (C=O) groups is 2. The van der Waals surface area contributed by atoms with Crippen molar-refractivity contribution in [1.82, 2.24) is 4.31 Å². The molecule has 3 rings (SSSR count). The van der Waals surface area contributed by atoms with Crippen molar-refractivity contribution in [2.24, 2.45) is 0 Å². The number of imide groups is 1. The van der Waals surface area contributed by atoms with Gasteiger partial charge in [0.15, 0.2) is 0 Å². The Labute approximate surface area is 147 Å². The zero-order valence-corrected chi connectivity index (χ0v) is 15.0. The van der Waals surface area contributed by atoms with Crippen LogP contribution in [0.3, 0.4) is 0 Å². The highest BCUT2D eigenvalue weighted by Crippen LogP contribution is 2.33. The zero-order chi connectivity index (χ0) is 18.0. The van der Waals surface area contributed by atoms with Crippen molar-refractivity contribution >= 4 is 27.5 Å². The quantitative estimate of drug-likeness (QED) is 0.760. The minimum absolute atomic E-state index is 0.000531. The summed E-state index contributed by atoms with van der Waals surface area (Å²) in [5.74, 6) is -0.392. The van der Waals surface area contributed by atoms with Gasteiger partial charge in [-0.05, 0) is 37.5 Å². The van der Waals surface area contributed by atoms with Gasteiger partial charge < -0.3 is 4.74 Å². The van der Waals surface area contributed by atoms with E-state index in [9.17, 15) is 18.0 Å². The summed E-state index contributed by atoms with van der Waals surface area (Å²) < 4.78 is 32.7. The van der Waals surface area contributed by atoms with Crippen LogP contribution in [0.2, 0.25) is 0 Å². The van der Waals surface area contributed by atoms with Gasteiger partial charge in [0.05, 0.1) is 12.8 Å². The highest BCUT2D eigenvalue weighted by atomic mass is 32.2. The second-order valence-corrected chi connectivity index (χ2v) is 8.18. The molecule has 2 aliphatic rings. The molecule has 0 atom stereocenters. The van der Waals surface area contributed by atoms with Crippen molar-refractivity contribution < 1.29 is 22.7 Å². The van der Waals surface area contributed by atoms with Crippen LogP contribution in [0, 0.1) is 0 Å². The summed E-state index contributed by atoms with van der Waals surface area (Å²) in [6.45, 7) is 0.939. The van der Waals surface area contributed by atoms with Crippen LogP contribution in [-0.4, -0.2) is 44.7 Å². The molecule has 2 aliphatic heterocycles. The van der Waals surface area contributed by atoms with Gasteiger partial charge in [-0.2, -0.15) is 4.31 Å². The van der Waals surface area contributed by atoms with Crippen LogP contribution in [-0.2, 0) is 19.6 Å². The lowest BCUT2D eigenvalue weighted by Gasteiger charge is -2.28. The van der Waals surface area contributed by atoms with Gasteiger partial charge in [-0.15, -0.1) is 0 Å². The first-order valence-electron chi connectivity index (χ1n) is 8.49. The molecule has 0 aliphatic carbocycles. The fourth-order valence-electron chi connectivity index (χ4n) is 3.29. The molecule has 0 radical (unpaired) electrons. The van der Waals surface area contributed by atoms with Gasteiger partial charge in [-0.3, -0.25) is 14.5 Å². The second kappa shape index (κ2) is 7.13. The van der Waals surface area contributed by atoms with Crippen molar-refractivity contribution in [2.75, 3.05) is 25.1 Å². The number of nitrogens with zero attached hydrogens (tertiary/aromatic N) is 2. The highest BCUT2D eigenvalue weighted by molar-refractivity contribution is 7.89. The monoisotopic (exact) mass is 366 g/mol. The molecule has 0 bridgehead atoms. The number of hydrogen-bond acceptors (Lipinski definition) is 5. The third-order valence-corrected chi connectivity index (χ3v) is 6.54. The molecule has 25 heavy (non-hydrogen) atoms. The second-order valence-electron chi connectivity index (χ2n) is 6.28. The van der Waals surface area contributed by atoms with Crippen molar-refractivity contribution in [3.63, 3.8) is 0 Å². The lowest BCUT2D eigenvalue weighted by Crippen LogP contribution is -2.40. The van der Waals surface area contributed by atoms with E-state index in [4.69, 9.17) is 4.74 Å². The first-order chi connectivity index (χ1) is 11.9. The van der Waals surface area contributed by atoms with Crippen molar-refractivity contribution in [1.29, 1.82) is 0 Å². The Bertz CT molecular complexity index is 768. The third-order valence-electron chi connectivity index (χ3n) is 4.62. The summed E-state index contributed by atoms with van der Waals surface area (Å²) in [4.78, 5) is 25.4. The van der Waals surface area contributed by atoms with Gasteiger partial charge in [-0.1, -0.05) is 6.42 Å². The standard InChI is InChI=1S/C17H22N2O5S/c1-24-14-9-8-13(19-16(20)6-5-7-17(19)21)12-15(14)25(22,23)18-10-3-2-4-11-18/h8-9,12H,2-7,10-11H2,1H3. The molecule has 0 N–H and O–H groups in total. The molecule has 7 nitrogen and oxygen atoms in total. The molecule has 2 heterocycles. The molecule has 1 aromatic rings. The van der Waals surface area contributed by atoms with E-state index in [1.807, 2.05) is 0 Å². The summed E-state index contributed by atoms with van der Waals surface area (Å²) >= 11 is 0. The van der Waals surface area contributed by atoms with Crippen LogP contribution in [0.5, 0.6) is 5.75 Å². The van der Waals surface area contributed by atoms with Gasteiger partial charge in [0, 0.05) is 25.9 Å². The number of ether oxygens (including phenoxy) is 1. The van der Waals surface area contributed by atoms with Crippen LogP contribution in [0.15, 0.2) is 23.1 Å². The van der Waals surface area contributed by atoms with Crippen LogP contribution in [0.4, 0.5) is 5.69 Å². The largest absolute Gasteiger partial charge is 0.495 e. The number of methoxy groups -OCH3 is 1. The Morgan fingerprint density at radius 3 is 2.20 bits per heavy atom. The first kappa shape index (κ1) is 17.9. The SMILES string of the molecule is COc1ccc(N2C(=O)CCCC2=O)cc1S(=O)(=O)N1CCCCC1. The van der Waals surface area contributed by atoms with E-state index in [0.717, 1.165) is 24.2 Å². The van der Waals surface area contributed by atoms with Gasteiger partial charge in [0.25, 0.3) is 0 Å². The Morgan fingerprint density at radius 1 is 0.960 bits per heavy atom. The predicted molar refractivity (Wildman–Crippen MR) is 91.9 cm³/mol. The number of rotatable bonds is 4. The minimum Gasteiger partial charge on any atom is -0.495 e. The Morgan fingerprint density at radius 2 is 1.60 bits per heavy atom. The molecule has 0 saturated carbocycles.